The van der Waals surface area contributed by atoms with Gasteiger partial charge in [-0.25, -0.2) is 8.42 Å². The summed E-state index contributed by atoms with van der Waals surface area (Å²) >= 11 is 6.25. The maximum absolute atomic E-state index is 13.7. The summed E-state index contributed by atoms with van der Waals surface area (Å²) in [5, 5.41) is 6.16. The number of aryl methyl sites for hydroxylation is 1. The highest BCUT2D eigenvalue weighted by atomic mass is 35.5. The molecule has 0 unspecified atom stereocenters. The number of nitrogens with one attached hydrogen (secondary N) is 2. The molecule has 0 aliphatic heterocycles. The van der Waals surface area contributed by atoms with Gasteiger partial charge < -0.3 is 10.6 Å². The summed E-state index contributed by atoms with van der Waals surface area (Å²) in [7, 11) is -3.92. The molecule has 4 aromatic rings. The third-order valence-electron chi connectivity index (χ3n) is 6.72. The molecule has 1 atom stereocenters. The van der Waals surface area contributed by atoms with E-state index in [1.54, 1.807) is 97.1 Å². The third-order valence-corrected chi connectivity index (χ3v) is 8.73. The van der Waals surface area contributed by atoms with Gasteiger partial charge in [-0.2, -0.15) is 0 Å². The Morgan fingerprint density at radius 1 is 0.878 bits per heavy atom. The van der Waals surface area contributed by atoms with Crippen LogP contribution in [0.5, 0.6) is 0 Å². The molecule has 0 fully saturated rings. The predicted octanol–water partition coefficient (Wildman–Crippen LogP) is 6.82. The number of hydrogen-bond acceptors (Lipinski definition) is 4. The third kappa shape index (κ3) is 7.14. The van der Waals surface area contributed by atoms with Crippen molar-refractivity contribution in [3.63, 3.8) is 0 Å². The molecule has 2 amide bonds. The number of para-hydroxylation sites is 1. The molecule has 212 valence electrons. The van der Waals surface area contributed by atoms with Crippen molar-refractivity contribution in [2.75, 3.05) is 9.62 Å². The standard InChI is InChI=1S/C32H32ClN3O4S/c1-4-23(3)34-32(38)28-12-8-9-13-29(28)35-31(37)25-17-15-24(16-18-25)21-36(30-20-26(33)19-14-22(30)2)41(39,40)27-10-6-5-7-11-27/h5-20,23H,4,21H2,1-3H3,(H,34,38)(H,35,37)/t23-/m0/s1. The first-order chi connectivity index (χ1) is 19.6. The fourth-order valence-corrected chi connectivity index (χ4v) is 5.88. The van der Waals surface area contributed by atoms with Gasteiger partial charge in [-0.05, 0) is 79.9 Å². The van der Waals surface area contributed by atoms with Gasteiger partial charge in [0.1, 0.15) is 0 Å². The van der Waals surface area contributed by atoms with Crippen molar-refractivity contribution in [1.82, 2.24) is 5.32 Å². The SMILES string of the molecule is CC[C@H](C)NC(=O)c1ccccc1NC(=O)c1ccc(CN(c2cc(Cl)ccc2C)S(=O)(=O)c2ccccc2)cc1. The van der Waals surface area contributed by atoms with E-state index < -0.39 is 10.0 Å². The maximum atomic E-state index is 13.7. The molecule has 0 saturated heterocycles. The van der Waals surface area contributed by atoms with E-state index in [9.17, 15) is 18.0 Å². The monoisotopic (exact) mass is 589 g/mol. The first kappa shape index (κ1) is 29.8. The summed E-state index contributed by atoms with van der Waals surface area (Å²) in [5.74, 6) is -0.651. The Morgan fingerprint density at radius 3 is 2.22 bits per heavy atom. The van der Waals surface area contributed by atoms with Gasteiger partial charge in [0, 0.05) is 16.6 Å². The molecular formula is C32H32ClN3O4S. The number of nitrogens with zero attached hydrogens (tertiary/aromatic N) is 1. The average Bonchev–Trinajstić information content (AvgIpc) is 2.98. The smallest absolute Gasteiger partial charge is 0.264 e. The Balaban J connectivity index is 1.58. The van der Waals surface area contributed by atoms with E-state index in [1.807, 2.05) is 20.8 Å². The molecule has 7 nitrogen and oxygen atoms in total. The van der Waals surface area contributed by atoms with Crippen molar-refractivity contribution < 1.29 is 18.0 Å². The lowest BCUT2D eigenvalue weighted by atomic mass is 10.1. The van der Waals surface area contributed by atoms with E-state index in [2.05, 4.69) is 10.6 Å². The number of sulfonamides is 1. The Labute approximate surface area is 246 Å². The average molecular weight is 590 g/mol. The van der Waals surface area contributed by atoms with Gasteiger partial charge in [0.15, 0.2) is 0 Å². The summed E-state index contributed by atoms with van der Waals surface area (Å²) in [6, 6.07) is 26.9. The number of anilines is 2. The highest BCUT2D eigenvalue weighted by Crippen LogP contribution is 2.31. The van der Waals surface area contributed by atoms with Crippen molar-refractivity contribution >= 4 is 44.8 Å². The number of carbonyl (C=O) groups is 2. The van der Waals surface area contributed by atoms with E-state index >= 15 is 0 Å². The van der Waals surface area contributed by atoms with Gasteiger partial charge in [-0.1, -0.05) is 67.1 Å². The van der Waals surface area contributed by atoms with Gasteiger partial charge in [0.25, 0.3) is 21.8 Å². The van der Waals surface area contributed by atoms with E-state index in [4.69, 9.17) is 11.6 Å². The first-order valence-corrected chi connectivity index (χ1v) is 15.1. The lowest BCUT2D eigenvalue weighted by molar-refractivity contribution is 0.0940. The van der Waals surface area contributed by atoms with Crippen LogP contribution in [0.15, 0.2) is 102 Å². The van der Waals surface area contributed by atoms with Gasteiger partial charge in [-0.15, -0.1) is 0 Å². The summed E-state index contributed by atoms with van der Waals surface area (Å²) in [4.78, 5) is 26.0. The van der Waals surface area contributed by atoms with Crippen molar-refractivity contribution in [2.24, 2.45) is 0 Å². The highest BCUT2D eigenvalue weighted by Gasteiger charge is 2.27. The van der Waals surface area contributed by atoms with Crippen LogP contribution in [0.2, 0.25) is 5.02 Å². The van der Waals surface area contributed by atoms with Crippen molar-refractivity contribution in [3.05, 3.63) is 124 Å². The Morgan fingerprint density at radius 2 is 1.54 bits per heavy atom. The van der Waals surface area contributed by atoms with Gasteiger partial charge >= 0.3 is 0 Å². The largest absolute Gasteiger partial charge is 0.350 e. The second-order valence-corrected chi connectivity index (χ2v) is 12.0. The van der Waals surface area contributed by atoms with E-state index in [1.165, 1.54) is 4.31 Å². The molecule has 9 heteroatoms. The van der Waals surface area contributed by atoms with Crippen LogP contribution in [0.4, 0.5) is 11.4 Å². The minimum absolute atomic E-state index is 0.000211. The minimum Gasteiger partial charge on any atom is -0.350 e. The number of benzene rings is 4. The topological polar surface area (TPSA) is 95.6 Å². The number of hydrogen-bond donors (Lipinski definition) is 2. The van der Waals surface area contributed by atoms with E-state index in [-0.39, 0.29) is 29.3 Å². The molecule has 4 aromatic carbocycles. The Hall–Kier alpha value is -4.14. The number of rotatable bonds is 10. The quantitative estimate of drug-likeness (QED) is 0.212. The molecule has 0 heterocycles. The van der Waals surface area contributed by atoms with Crippen molar-refractivity contribution in [2.45, 2.75) is 44.7 Å². The van der Waals surface area contributed by atoms with Crippen LogP contribution in [0.1, 0.15) is 52.1 Å². The summed E-state index contributed by atoms with van der Waals surface area (Å²) in [5.41, 5.74) is 3.03. The second-order valence-electron chi connectivity index (χ2n) is 9.73. The lowest BCUT2D eigenvalue weighted by Gasteiger charge is -2.26. The number of halogens is 1. The number of carbonyl (C=O) groups excluding carboxylic acids is 2. The predicted molar refractivity (Wildman–Crippen MR) is 164 cm³/mol. The fourth-order valence-electron chi connectivity index (χ4n) is 4.19. The van der Waals surface area contributed by atoms with Crippen LogP contribution in [-0.4, -0.2) is 26.3 Å². The molecule has 0 saturated carbocycles. The molecule has 0 radical (unpaired) electrons. The van der Waals surface area contributed by atoms with Crippen LogP contribution < -0.4 is 14.9 Å². The van der Waals surface area contributed by atoms with Crippen LogP contribution in [0, 0.1) is 6.92 Å². The first-order valence-electron chi connectivity index (χ1n) is 13.2. The van der Waals surface area contributed by atoms with Gasteiger partial charge in [0.2, 0.25) is 0 Å². The van der Waals surface area contributed by atoms with Crippen LogP contribution in [0.3, 0.4) is 0 Å². The molecule has 41 heavy (non-hydrogen) atoms. The Kier molecular flexibility index (Phi) is 9.47. The van der Waals surface area contributed by atoms with Crippen molar-refractivity contribution in [1.29, 1.82) is 0 Å². The van der Waals surface area contributed by atoms with Crippen LogP contribution >= 0.6 is 11.6 Å². The molecule has 0 aliphatic carbocycles. The molecule has 0 aromatic heterocycles. The molecule has 0 bridgehead atoms. The van der Waals surface area contributed by atoms with Gasteiger partial charge in [0.05, 0.1) is 28.4 Å². The van der Waals surface area contributed by atoms with Crippen LogP contribution in [0.25, 0.3) is 0 Å². The maximum Gasteiger partial charge on any atom is 0.264 e. The zero-order chi connectivity index (χ0) is 29.6. The zero-order valence-corrected chi connectivity index (χ0v) is 24.7. The second kappa shape index (κ2) is 13.0. The summed E-state index contributed by atoms with van der Waals surface area (Å²) in [6.45, 7) is 5.75. The van der Waals surface area contributed by atoms with E-state index in [0.29, 0.717) is 33.1 Å². The molecule has 0 spiro atoms. The molecule has 2 N–H and O–H groups in total. The molecule has 0 aliphatic rings. The zero-order valence-electron chi connectivity index (χ0n) is 23.1. The van der Waals surface area contributed by atoms with Crippen molar-refractivity contribution in [3.8, 4) is 0 Å². The summed E-state index contributed by atoms with van der Waals surface area (Å²) < 4.78 is 28.8. The Bertz CT molecular complexity index is 1640. The normalized spacial score (nSPS) is 11.9. The molecular weight excluding hydrogens is 558 g/mol. The fraction of sp³-hybridized carbons (Fsp3) is 0.188. The highest BCUT2D eigenvalue weighted by molar-refractivity contribution is 7.92. The van der Waals surface area contributed by atoms with E-state index in [0.717, 1.165) is 12.0 Å². The van der Waals surface area contributed by atoms with Gasteiger partial charge in [-0.3, -0.25) is 13.9 Å². The minimum atomic E-state index is -3.92. The molecule has 4 rings (SSSR count). The summed E-state index contributed by atoms with van der Waals surface area (Å²) in [6.07, 6.45) is 0.785. The lowest BCUT2D eigenvalue weighted by Crippen LogP contribution is -2.32. The van der Waals surface area contributed by atoms with Crippen LogP contribution in [-0.2, 0) is 16.6 Å². The number of amides is 2.